The number of anilines is 1. The van der Waals surface area contributed by atoms with Crippen molar-refractivity contribution >= 4 is 33.2 Å². The van der Waals surface area contributed by atoms with Gasteiger partial charge in [0, 0.05) is 11.1 Å². The lowest BCUT2D eigenvalue weighted by molar-refractivity contribution is -0.123. The molecule has 0 spiro atoms. The zero-order valence-corrected chi connectivity index (χ0v) is 18.3. The average Bonchev–Trinajstić information content (AvgIpc) is 2.50. The third-order valence-electron chi connectivity index (χ3n) is 4.49. The van der Waals surface area contributed by atoms with Crippen LogP contribution in [-0.4, -0.2) is 32.7 Å². The van der Waals surface area contributed by atoms with Crippen molar-refractivity contribution in [2.75, 3.05) is 10.6 Å². The zero-order chi connectivity index (χ0) is 20.2. The van der Waals surface area contributed by atoms with Gasteiger partial charge in [0.25, 0.3) is 0 Å². The molecule has 0 aromatic heterocycles. The summed E-state index contributed by atoms with van der Waals surface area (Å²) in [6.45, 7) is 11.8. The third kappa shape index (κ3) is 5.61. The first-order chi connectivity index (χ1) is 11.9. The largest absolute Gasteiger partial charge is 0.351 e. The maximum atomic E-state index is 13.0. The van der Waals surface area contributed by atoms with Gasteiger partial charge in [-0.25, -0.2) is 8.42 Å². The van der Waals surface area contributed by atoms with E-state index >= 15 is 0 Å². The van der Waals surface area contributed by atoms with Crippen molar-refractivity contribution in [2.24, 2.45) is 11.8 Å². The molecule has 1 N–H and O–H groups in total. The van der Waals surface area contributed by atoms with E-state index in [0.29, 0.717) is 17.1 Å². The number of sulfonamides is 1. The fourth-order valence-electron chi connectivity index (χ4n) is 3.14. The molecule has 0 aliphatic carbocycles. The topological polar surface area (TPSA) is 66.5 Å². The highest BCUT2D eigenvalue weighted by atomic mass is 35.5. The molecule has 1 aromatic carbocycles. The summed E-state index contributed by atoms with van der Waals surface area (Å²) < 4.78 is 26.2. The Hall–Kier alpha value is -1.27. The van der Waals surface area contributed by atoms with Gasteiger partial charge in [0.1, 0.15) is 6.04 Å². The molecule has 0 saturated carbocycles. The minimum atomic E-state index is -3.67. The van der Waals surface area contributed by atoms with Crippen molar-refractivity contribution in [1.82, 2.24) is 5.32 Å². The van der Waals surface area contributed by atoms with E-state index in [1.807, 2.05) is 34.6 Å². The Morgan fingerprint density at radius 3 is 2.12 bits per heavy atom. The lowest BCUT2D eigenvalue weighted by atomic mass is 9.93. The Morgan fingerprint density at radius 2 is 1.73 bits per heavy atom. The number of nitrogens with one attached hydrogen (secondary N) is 1. The molecule has 1 unspecified atom stereocenters. The molecule has 0 fully saturated rings. The predicted molar refractivity (Wildman–Crippen MR) is 109 cm³/mol. The molecule has 1 aromatic rings. The second kappa shape index (κ2) is 9.09. The Morgan fingerprint density at radius 1 is 1.19 bits per heavy atom. The Labute approximate surface area is 163 Å². The molecule has 1 atom stereocenters. The number of carbonyl (C=O) groups is 1. The Kier molecular flexibility index (Phi) is 7.96. The smallest absolute Gasteiger partial charge is 0.244 e. The molecule has 0 saturated heterocycles. The number of carbonyl (C=O) groups excluding carboxylic acids is 1. The van der Waals surface area contributed by atoms with Crippen molar-refractivity contribution in [3.63, 3.8) is 0 Å². The van der Waals surface area contributed by atoms with E-state index in [0.717, 1.165) is 11.8 Å². The van der Waals surface area contributed by atoms with E-state index in [1.54, 1.807) is 25.1 Å². The number of benzene rings is 1. The van der Waals surface area contributed by atoms with E-state index < -0.39 is 16.1 Å². The van der Waals surface area contributed by atoms with Crippen LogP contribution in [0.3, 0.4) is 0 Å². The van der Waals surface area contributed by atoms with Gasteiger partial charge >= 0.3 is 0 Å². The minimum Gasteiger partial charge on any atom is -0.351 e. The summed E-state index contributed by atoms with van der Waals surface area (Å²) in [4.78, 5) is 13.0. The van der Waals surface area contributed by atoms with Crippen molar-refractivity contribution < 1.29 is 13.2 Å². The molecule has 0 radical (unpaired) electrons. The van der Waals surface area contributed by atoms with Crippen LogP contribution in [0.2, 0.25) is 5.02 Å². The van der Waals surface area contributed by atoms with Crippen molar-refractivity contribution in [2.45, 2.75) is 60.0 Å². The molecule has 0 bridgehead atoms. The number of nitrogens with zero attached hydrogens (tertiary/aromatic N) is 1. The first-order valence-corrected chi connectivity index (χ1v) is 11.2. The number of amides is 1. The van der Waals surface area contributed by atoms with E-state index in [1.165, 1.54) is 4.31 Å². The Bertz CT molecular complexity index is 724. The van der Waals surface area contributed by atoms with Crippen molar-refractivity contribution in [3.05, 3.63) is 28.8 Å². The third-order valence-corrected chi connectivity index (χ3v) is 6.07. The standard InChI is InChI=1S/C19H31ClN2O3S/c1-8-17(19(23)21-18(12(2)3)13(4)5)22(26(7,24)25)15-10-9-14(6)16(20)11-15/h9-13,17-18H,8H2,1-7H3,(H,21,23). The highest BCUT2D eigenvalue weighted by Gasteiger charge is 2.33. The SMILES string of the molecule is CCC(C(=O)NC(C(C)C)C(C)C)N(c1ccc(C)c(Cl)c1)S(C)(=O)=O. The summed E-state index contributed by atoms with van der Waals surface area (Å²) in [6, 6.07) is 4.17. The minimum absolute atomic E-state index is 0.0282. The van der Waals surface area contributed by atoms with Gasteiger partial charge in [0.05, 0.1) is 11.9 Å². The van der Waals surface area contributed by atoms with Gasteiger partial charge in [-0.05, 0) is 42.9 Å². The van der Waals surface area contributed by atoms with Crippen LogP contribution in [0.25, 0.3) is 0 Å². The first kappa shape index (κ1) is 22.8. The van der Waals surface area contributed by atoms with E-state index in [-0.39, 0.29) is 23.8 Å². The summed E-state index contributed by atoms with van der Waals surface area (Å²) in [5.41, 5.74) is 1.25. The van der Waals surface area contributed by atoms with Crippen LogP contribution in [0.4, 0.5) is 5.69 Å². The quantitative estimate of drug-likeness (QED) is 0.714. The number of halogens is 1. The van der Waals surface area contributed by atoms with Crippen LogP contribution in [0.15, 0.2) is 18.2 Å². The van der Waals surface area contributed by atoms with Crippen LogP contribution in [0.5, 0.6) is 0 Å². The summed E-state index contributed by atoms with van der Waals surface area (Å²) in [5, 5.41) is 3.50. The molecule has 26 heavy (non-hydrogen) atoms. The van der Waals surface area contributed by atoms with Crippen molar-refractivity contribution in [1.29, 1.82) is 0 Å². The molecular weight excluding hydrogens is 372 g/mol. The molecule has 0 heterocycles. The molecule has 7 heteroatoms. The summed E-state index contributed by atoms with van der Waals surface area (Å²) in [7, 11) is -3.67. The van der Waals surface area contributed by atoms with Crippen LogP contribution >= 0.6 is 11.6 Å². The van der Waals surface area contributed by atoms with Gasteiger partial charge in [0.2, 0.25) is 15.9 Å². The van der Waals surface area contributed by atoms with E-state index in [4.69, 9.17) is 11.6 Å². The van der Waals surface area contributed by atoms with Crippen LogP contribution in [0, 0.1) is 18.8 Å². The second-order valence-electron chi connectivity index (χ2n) is 7.44. The number of rotatable bonds is 8. The lowest BCUT2D eigenvalue weighted by Gasteiger charge is -2.33. The lowest BCUT2D eigenvalue weighted by Crippen LogP contribution is -2.53. The summed E-state index contributed by atoms with van der Waals surface area (Å²) >= 11 is 6.18. The van der Waals surface area contributed by atoms with Gasteiger partial charge in [-0.3, -0.25) is 9.10 Å². The molecule has 148 valence electrons. The highest BCUT2D eigenvalue weighted by Crippen LogP contribution is 2.28. The number of hydrogen-bond acceptors (Lipinski definition) is 3. The van der Waals surface area contributed by atoms with E-state index in [9.17, 15) is 13.2 Å². The first-order valence-electron chi connectivity index (χ1n) is 8.96. The fraction of sp³-hybridized carbons (Fsp3) is 0.632. The normalized spacial score (nSPS) is 13.3. The molecule has 5 nitrogen and oxygen atoms in total. The molecule has 1 rings (SSSR count). The molecule has 0 aliphatic heterocycles. The predicted octanol–water partition coefficient (Wildman–Crippen LogP) is 3.99. The molecule has 1 amide bonds. The number of aryl methyl sites for hydroxylation is 1. The summed E-state index contributed by atoms with van der Waals surface area (Å²) in [5.74, 6) is 0.205. The highest BCUT2D eigenvalue weighted by molar-refractivity contribution is 7.92. The monoisotopic (exact) mass is 402 g/mol. The molecular formula is C19H31ClN2O3S. The Balaban J connectivity index is 3.30. The second-order valence-corrected chi connectivity index (χ2v) is 9.71. The zero-order valence-electron chi connectivity index (χ0n) is 16.7. The van der Waals surface area contributed by atoms with Gasteiger partial charge in [0.15, 0.2) is 0 Å². The van der Waals surface area contributed by atoms with Crippen LogP contribution in [0.1, 0.15) is 46.6 Å². The van der Waals surface area contributed by atoms with Crippen LogP contribution < -0.4 is 9.62 Å². The van der Waals surface area contributed by atoms with Gasteiger partial charge in [-0.15, -0.1) is 0 Å². The van der Waals surface area contributed by atoms with Gasteiger partial charge in [-0.2, -0.15) is 0 Å². The number of hydrogen-bond donors (Lipinski definition) is 1. The van der Waals surface area contributed by atoms with Gasteiger partial charge < -0.3 is 5.32 Å². The maximum Gasteiger partial charge on any atom is 0.244 e. The maximum absolute atomic E-state index is 13.0. The molecule has 0 aliphatic rings. The van der Waals surface area contributed by atoms with Gasteiger partial charge in [-0.1, -0.05) is 52.3 Å². The van der Waals surface area contributed by atoms with E-state index in [2.05, 4.69) is 5.32 Å². The summed E-state index contributed by atoms with van der Waals surface area (Å²) in [6.07, 6.45) is 1.46. The fourth-order valence-corrected chi connectivity index (χ4v) is 4.52. The van der Waals surface area contributed by atoms with Crippen molar-refractivity contribution in [3.8, 4) is 0 Å². The van der Waals surface area contributed by atoms with Crippen LogP contribution in [-0.2, 0) is 14.8 Å². The average molecular weight is 403 g/mol.